The molecular weight excluding hydrogens is 284 g/mol. The van der Waals surface area contributed by atoms with Crippen LogP contribution < -0.4 is 0 Å². The highest BCUT2D eigenvalue weighted by Gasteiger charge is 2.12. The fourth-order valence-electron chi connectivity index (χ4n) is 1.69. The van der Waals surface area contributed by atoms with Gasteiger partial charge in [0.25, 0.3) is 0 Å². The van der Waals surface area contributed by atoms with Gasteiger partial charge >= 0.3 is 0 Å². The third-order valence-corrected chi connectivity index (χ3v) is 3.44. The Bertz CT molecular complexity index is 736. The lowest BCUT2D eigenvalue weighted by molar-refractivity contribution is 0.899. The Morgan fingerprint density at radius 3 is 2.58 bits per heavy atom. The van der Waals surface area contributed by atoms with E-state index in [2.05, 4.69) is 30.1 Å². The largest absolute Gasteiger partial charge is 0.261 e. The van der Waals surface area contributed by atoms with Crippen LogP contribution in [0.4, 0.5) is 0 Å². The number of fused-ring (bicyclic) bond motifs is 1. The van der Waals surface area contributed by atoms with Crippen molar-refractivity contribution in [2.45, 2.75) is 24.0 Å². The molecule has 0 bridgehead atoms. The molecule has 0 aromatic carbocycles. The van der Waals surface area contributed by atoms with Crippen molar-refractivity contribution in [3.63, 3.8) is 0 Å². The van der Waals surface area contributed by atoms with E-state index in [1.807, 2.05) is 19.9 Å². The highest BCUT2D eigenvalue weighted by atomic mass is 35.5. The van der Waals surface area contributed by atoms with Crippen molar-refractivity contribution in [1.29, 1.82) is 0 Å². The van der Waals surface area contributed by atoms with E-state index < -0.39 is 0 Å². The van der Waals surface area contributed by atoms with Gasteiger partial charge in [-0.3, -0.25) is 5.10 Å². The summed E-state index contributed by atoms with van der Waals surface area (Å²) < 4.78 is 0. The van der Waals surface area contributed by atoms with Crippen molar-refractivity contribution in [3.05, 3.63) is 28.9 Å². The number of H-pyrrole nitrogens is 1. The average molecular weight is 293 g/mol. The van der Waals surface area contributed by atoms with Gasteiger partial charge in [-0.25, -0.2) is 15.0 Å². The average Bonchev–Trinajstić information content (AvgIpc) is 2.75. The summed E-state index contributed by atoms with van der Waals surface area (Å²) in [4.78, 5) is 17.0. The lowest BCUT2D eigenvalue weighted by Crippen LogP contribution is -1.94. The molecule has 0 saturated heterocycles. The van der Waals surface area contributed by atoms with Crippen molar-refractivity contribution >= 4 is 34.4 Å². The molecule has 0 amide bonds. The van der Waals surface area contributed by atoms with Crippen LogP contribution in [-0.2, 0) is 0 Å². The molecule has 0 atom stereocenters. The van der Waals surface area contributed by atoms with Crippen LogP contribution in [0, 0.1) is 13.8 Å². The van der Waals surface area contributed by atoms with Crippen LogP contribution in [0.25, 0.3) is 11.0 Å². The molecule has 0 aliphatic rings. The first-order valence-corrected chi connectivity index (χ1v) is 6.68. The molecule has 0 spiro atoms. The zero-order chi connectivity index (χ0) is 13.4. The van der Waals surface area contributed by atoms with Crippen LogP contribution in [-0.4, -0.2) is 30.1 Å². The second-order valence-electron chi connectivity index (χ2n) is 3.97. The first-order valence-electron chi connectivity index (χ1n) is 5.48. The molecule has 0 saturated carbocycles. The zero-order valence-electron chi connectivity index (χ0n) is 10.2. The Morgan fingerprint density at radius 1 is 1.11 bits per heavy atom. The van der Waals surface area contributed by atoms with Gasteiger partial charge in [-0.15, -0.1) is 0 Å². The summed E-state index contributed by atoms with van der Waals surface area (Å²) in [7, 11) is 0. The topological polar surface area (TPSA) is 80.2 Å². The molecule has 19 heavy (non-hydrogen) atoms. The lowest BCUT2D eigenvalue weighted by Gasteiger charge is -2.03. The van der Waals surface area contributed by atoms with Gasteiger partial charge in [-0.05, 0) is 43.3 Å². The smallest absolute Gasteiger partial charge is 0.225 e. The zero-order valence-corrected chi connectivity index (χ0v) is 11.7. The van der Waals surface area contributed by atoms with Crippen molar-refractivity contribution in [2.75, 3.05) is 0 Å². The minimum absolute atomic E-state index is 0.170. The molecule has 3 aromatic rings. The standard InChI is InChI=1S/C11H9ClN6S/c1-5-3-6(2)15-11(14-5)19-9-7-4-13-18-8(7)16-10(12)17-9/h3-4H,1-2H3,(H,13,16,17,18). The van der Waals surface area contributed by atoms with Gasteiger partial charge in [0.2, 0.25) is 5.28 Å². The second kappa shape index (κ2) is 4.75. The number of halogens is 1. The predicted molar refractivity (Wildman–Crippen MR) is 72.3 cm³/mol. The van der Waals surface area contributed by atoms with Crippen LogP contribution in [0.15, 0.2) is 22.4 Å². The quantitative estimate of drug-likeness (QED) is 0.577. The molecule has 0 aliphatic heterocycles. The van der Waals surface area contributed by atoms with E-state index in [4.69, 9.17) is 11.6 Å². The Balaban J connectivity index is 2.07. The number of nitrogens with zero attached hydrogens (tertiary/aromatic N) is 5. The van der Waals surface area contributed by atoms with Crippen LogP contribution in [0.2, 0.25) is 5.28 Å². The molecule has 0 unspecified atom stereocenters. The van der Waals surface area contributed by atoms with Crippen molar-refractivity contribution in [1.82, 2.24) is 30.1 Å². The number of aryl methyl sites for hydroxylation is 2. The Kier molecular flexibility index (Phi) is 3.08. The molecule has 0 fully saturated rings. The van der Waals surface area contributed by atoms with E-state index in [1.165, 1.54) is 11.8 Å². The van der Waals surface area contributed by atoms with Gasteiger partial charge < -0.3 is 0 Å². The number of nitrogens with one attached hydrogen (secondary N) is 1. The van der Waals surface area contributed by atoms with Crippen molar-refractivity contribution in [3.8, 4) is 0 Å². The highest BCUT2D eigenvalue weighted by molar-refractivity contribution is 7.99. The van der Waals surface area contributed by atoms with E-state index in [0.717, 1.165) is 16.8 Å². The van der Waals surface area contributed by atoms with Gasteiger partial charge in [0.1, 0.15) is 5.03 Å². The first kappa shape index (κ1) is 12.3. The van der Waals surface area contributed by atoms with Gasteiger partial charge in [0.05, 0.1) is 11.6 Å². The van der Waals surface area contributed by atoms with Crippen LogP contribution in [0.5, 0.6) is 0 Å². The molecule has 8 heteroatoms. The maximum absolute atomic E-state index is 5.89. The molecule has 96 valence electrons. The molecule has 3 heterocycles. The van der Waals surface area contributed by atoms with Crippen LogP contribution in [0.1, 0.15) is 11.4 Å². The van der Waals surface area contributed by atoms with E-state index in [9.17, 15) is 0 Å². The molecule has 0 aliphatic carbocycles. The monoisotopic (exact) mass is 292 g/mol. The minimum atomic E-state index is 0.170. The summed E-state index contributed by atoms with van der Waals surface area (Å²) in [5.74, 6) is 0. The predicted octanol–water partition coefficient (Wildman–Crippen LogP) is 2.56. The summed E-state index contributed by atoms with van der Waals surface area (Å²) in [6, 6.07) is 1.92. The summed E-state index contributed by atoms with van der Waals surface area (Å²) >= 11 is 7.23. The Labute approximate surface area is 118 Å². The number of aromatic amines is 1. The molecule has 0 radical (unpaired) electrons. The van der Waals surface area contributed by atoms with Gasteiger partial charge in [-0.1, -0.05) is 0 Å². The van der Waals surface area contributed by atoms with E-state index in [1.54, 1.807) is 6.20 Å². The maximum Gasteiger partial charge on any atom is 0.225 e. The molecular formula is C11H9ClN6S. The molecule has 1 N–H and O–H groups in total. The maximum atomic E-state index is 5.89. The van der Waals surface area contributed by atoms with E-state index in [-0.39, 0.29) is 5.28 Å². The number of aromatic nitrogens is 6. The first-order chi connectivity index (χ1) is 9.11. The number of hydrogen-bond acceptors (Lipinski definition) is 6. The van der Waals surface area contributed by atoms with Crippen molar-refractivity contribution in [2.24, 2.45) is 0 Å². The fourth-order valence-corrected chi connectivity index (χ4v) is 2.85. The lowest BCUT2D eigenvalue weighted by atomic mass is 10.4. The summed E-state index contributed by atoms with van der Waals surface area (Å²) in [5.41, 5.74) is 2.43. The summed E-state index contributed by atoms with van der Waals surface area (Å²) in [5, 5.41) is 9.00. The fraction of sp³-hybridized carbons (Fsp3) is 0.182. The van der Waals surface area contributed by atoms with Gasteiger partial charge in [-0.2, -0.15) is 10.1 Å². The third-order valence-electron chi connectivity index (χ3n) is 2.40. The Morgan fingerprint density at radius 2 is 1.84 bits per heavy atom. The SMILES string of the molecule is Cc1cc(C)nc(Sc2nc(Cl)nc3[nH]ncc23)n1. The summed E-state index contributed by atoms with van der Waals surface area (Å²) in [6.07, 6.45) is 1.66. The van der Waals surface area contributed by atoms with Gasteiger partial charge in [0.15, 0.2) is 10.8 Å². The van der Waals surface area contributed by atoms with E-state index >= 15 is 0 Å². The third kappa shape index (κ3) is 2.52. The molecule has 3 aromatic heterocycles. The summed E-state index contributed by atoms with van der Waals surface area (Å²) in [6.45, 7) is 3.86. The van der Waals surface area contributed by atoms with Crippen LogP contribution >= 0.6 is 23.4 Å². The Hall–Kier alpha value is -1.73. The minimum Gasteiger partial charge on any atom is -0.261 e. The number of hydrogen-bond donors (Lipinski definition) is 1. The second-order valence-corrected chi connectivity index (χ2v) is 5.26. The highest BCUT2D eigenvalue weighted by Crippen LogP contribution is 2.29. The van der Waals surface area contributed by atoms with Gasteiger partial charge in [0, 0.05) is 11.4 Å². The normalized spacial score (nSPS) is 11.1. The molecule has 6 nitrogen and oxygen atoms in total. The van der Waals surface area contributed by atoms with Crippen LogP contribution in [0.3, 0.4) is 0 Å². The molecule has 3 rings (SSSR count). The number of rotatable bonds is 2. The van der Waals surface area contributed by atoms with E-state index in [0.29, 0.717) is 15.8 Å². The van der Waals surface area contributed by atoms with Crippen molar-refractivity contribution < 1.29 is 0 Å².